The van der Waals surface area contributed by atoms with E-state index in [0.717, 1.165) is 0 Å². The van der Waals surface area contributed by atoms with Gasteiger partial charge in [0.05, 0.1) is 0 Å². The van der Waals surface area contributed by atoms with Crippen molar-refractivity contribution in [1.82, 2.24) is 0 Å². The second kappa shape index (κ2) is 15.7. The van der Waals surface area contributed by atoms with Gasteiger partial charge < -0.3 is 0 Å². The van der Waals surface area contributed by atoms with Crippen molar-refractivity contribution in [3.63, 3.8) is 0 Å². The maximum absolute atomic E-state index is 0. The summed E-state index contributed by atoms with van der Waals surface area (Å²) >= 11 is 0. The first-order chi connectivity index (χ1) is 0. The molecule has 4 heavy (non-hydrogen) atoms. The van der Waals surface area contributed by atoms with Crippen LogP contribution >= 0.6 is 0 Å². The molecule has 0 rings (SSSR count). The van der Waals surface area contributed by atoms with Crippen LogP contribution in [0.2, 0.25) is 0 Å². The Kier molecular flexibility index (Phi) is 90.2. The SMILES string of the molecule is [CaH2].[Fe].[KH].[KH]. The Bertz CT molecular complexity index is 6.00. The fourth-order valence-corrected chi connectivity index (χ4v) is 0. The van der Waals surface area contributed by atoms with Gasteiger partial charge in [0, 0.05) is 17.1 Å². The zero-order chi connectivity index (χ0) is 0. The second-order valence-corrected chi connectivity index (χ2v) is 0. The molecule has 0 aromatic heterocycles. The van der Waals surface area contributed by atoms with Crippen LogP contribution in [0.25, 0.3) is 0 Å². The van der Waals surface area contributed by atoms with E-state index in [0.29, 0.717) is 0 Å². The van der Waals surface area contributed by atoms with Gasteiger partial charge in [-0.25, -0.2) is 0 Å². The van der Waals surface area contributed by atoms with Crippen molar-refractivity contribution in [1.29, 1.82) is 0 Å². The molecule has 0 spiro atoms. The summed E-state index contributed by atoms with van der Waals surface area (Å²) in [6.45, 7) is 0. The van der Waals surface area contributed by atoms with E-state index < -0.39 is 0 Å². The second-order valence-electron chi connectivity index (χ2n) is 0. The summed E-state index contributed by atoms with van der Waals surface area (Å²) < 4.78 is 0. The predicted molar refractivity (Wildman–Crippen MR) is 22.8 cm³/mol. The van der Waals surface area contributed by atoms with E-state index in [1.807, 2.05) is 0 Å². The fraction of sp³-hybridized carbons (Fsp3) is 0. The maximum atomic E-state index is 0. The van der Waals surface area contributed by atoms with Crippen LogP contribution in [0.1, 0.15) is 0 Å². The van der Waals surface area contributed by atoms with Gasteiger partial charge in [0.2, 0.25) is 0 Å². The van der Waals surface area contributed by atoms with Crippen molar-refractivity contribution in [2.24, 2.45) is 0 Å². The summed E-state index contributed by atoms with van der Waals surface area (Å²) in [5.41, 5.74) is 0. The Labute approximate surface area is 152 Å². The predicted octanol–water partition coefficient (Wildman–Crippen LogP) is -2.22. The van der Waals surface area contributed by atoms with Crippen LogP contribution in [-0.2, 0) is 17.1 Å². The van der Waals surface area contributed by atoms with Crippen molar-refractivity contribution < 1.29 is 17.1 Å². The van der Waals surface area contributed by atoms with Gasteiger partial charge >= 0.3 is 141 Å². The third kappa shape index (κ3) is 10.1. The van der Waals surface area contributed by atoms with E-state index in [1.165, 1.54) is 0 Å². The Morgan fingerprint density at radius 3 is 0.750 bits per heavy atom. The molecule has 0 amide bonds. The Morgan fingerprint density at radius 2 is 0.750 bits per heavy atom. The molecule has 0 saturated carbocycles. The number of rotatable bonds is 0. The van der Waals surface area contributed by atoms with Gasteiger partial charge in [-0.15, -0.1) is 0 Å². The standard InChI is InChI=1S/Ca.Fe.2K.4H. The van der Waals surface area contributed by atoms with E-state index in [-0.39, 0.29) is 158 Å². The van der Waals surface area contributed by atoms with Gasteiger partial charge in [-0.1, -0.05) is 0 Å². The van der Waals surface area contributed by atoms with Crippen molar-refractivity contribution in [2.45, 2.75) is 0 Å². The summed E-state index contributed by atoms with van der Waals surface area (Å²) in [4.78, 5) is 0. The number of hydrogen-bond acceptors (Lipinski definition) is 0. The van der Waals surface area contributed by atoms with Gasteiger partial charge in [0.15, 0.2) is 0 Å². The molecular weight excluding hydrogens is 174 g/mol. The average Bonchev–Trinajstić information content (AvgIpc) is 0. The van der Waals surface area contributed by atoms with Crippen LogP contribution in [0.5, 0.6) is 0 Å². The normalized spacial score (nSPS) is 0. The molecule has 0 aromatic carbocycles. The first kappa shape index (κ1) is 23.0. The Morgan fingerprint density at radius 1 is 0.750 bits per heavy atom. The molecule has 0 aromatic rings. The molecule has 0 aliphatic carbocycles. The van der Waals surface area contributed by atoms with Crippen LogP contribution in [0, 0.1) is 0 Å². The Balaban J connectivity index is 0. The summed E-state index contributed by atoms with van der Waals surface area (Å²) in [6, 6.07) is 0. The summed E-state index contributed by atoms with van der Waals surface area (Å²) in [5, 5.41) is 0. The molecule has 0 aliphatic rings. The molecule has 0 unspecified atom stereocenters. The monoisotopic (exact) mass is 178 g/mol. The Hall–Kier alpha value is 5.05. The van der Waals surface area contributed by atoms with Gasteiger partial charge in [-0.3, -0.25) is 0 Å². The molecule has 0 atom stereocenters. The molecule has 0 radical (unpaired) electrons. The van der Waals surface area contributed by atoms with E-state index in [1.54, 1.807) is 0 Å². The zero-order valence-electron chi connectivity index (χ0n) is 0.354. The van der Waals surface area contributed by atoms with Crippen LogP contribution in [-0.4, -0.2) is 141 Å². The summed E-state index contributed by atoms with van der Waals surface area (Å²) in [7, 11) is 0. The minimum absolute atomic E-state index is 0. The van der Waals surface area contributed by atoms with Gasteiger partial charge in [-0.05, 0) is 0 Å². The molecule has 0 N–H and O–H groups in total. The van der Waals surface area contributed by atoms with Crippen LogP contribution in [0.15, 0.2) is 0 Å². The third-order valence-corrected chi connectivity index (χ3v) is 0. The molecule has 0 saturated heterocycles. The topological polar surface area (TPSA) is 0 Å². The van der Waals surface area contributed by atoms with E-state index in [2.05, 4.69) is 0 Å². The van der Waals surface area contributed by atoms with E-state index >= 15 is 0 Å². The molecule has 0 bridgehead atoms. The van der Waals surface area contributed by atoms with Gasteiger partial charge in [-0.2, -0.15) is 0 Å². The molecule has 0 fully saturated rings. The van der Waals surface area contributed by atoms with Gasteiger partial charge in [0.1, 0.15) is 0 Å². The van der Waals surface area contributed by atoms with Crippen molar-refractivity contribution in [3.8, 4) is 0 Å². The first-order valence-corrected chi connectivity index (χ1v) is 0. The molecule has 0 heterocycles. The minimum atomic E-state index is 0. The van der Waals surface area contributed by atoms with Gasteiger partial charge in [0.25, 0.3) is 0 Å². The zero-order valence-corrected chi connectivity index (χ0v) is 1.46. The van der Waals surface area contributed by atoms with Crippen LogP contribution < -0.4 is 0 Å². The molecule has 0 aliphatic heterocycles. The summed E-state index contributed by atoms with van der Waals surface area (Å²) in [5.74, 6) is 0. The summed E-state index contributed by atoms with van der Waals surface area (Å²) in [6.07, 6.45) is 0. The molecule has 16 valence electrons. The van der Waals surface area contributed by atoms with Crippen LogP contribution in [0.3, 0.4) is 0 Å². The third-order valence-electron chi connectivity index (χ3n) is 0. The number of hydrogen-bond donors (Lipinski definition) is 0. The quantitative estimate of drug-likeness (QED) is 0.369. The van der Waals surface area contributed by atoms with Crippen molar-refractivity contribution in [2.75, 3.05) is 0 Å². The van der Waals surface area contributed by atoms with Crippen molar-refractivity contribution >= 4 is 141 Å². The first-order valence-electron chi connectivity index (χ1n) is 0. The van der Waals surface area contributed by atoms with E-state index in [9.17, 15) is 0 Å². The van der Waals surface area contributed by atoms with E-state index in [4.69, 9.17) is 0 Å². The molecule has 4 heteroatoms. The molecule has 0 nitrogen and oxygen atoms in total. The average molecular weight is 178 g/mol. The molecular formula is H4CaFeK2. The fourth-order valence-electron chi connectivity index (χ4n) is 0. The van der Waals surface area contributed by atoms with Crippen molar-refractivity contribution in [3.05, 3.63) is 0 Å². The van der Waals surface area contributed by atoms with Crippen LogP contribution in [0.4, 0.5) is 0 Å².